The summed E-state index contributed by atoms with van der Waals surface area (Å²) in [5.41, 5.74) is 7.80. The van der Waals surface area contributed by atoms with Crippen molar-refractivity contribution in [3.8, 4) is 0 Å². The molecule has 2 heterocycles. The van der Waals surface area contributed by atoms with E-state index in [4.69, 9.17) is 5.73 Å². The largest absolute Gasteiger partial charge is 0.396 e. The zero-order chi connectivity index (χ0) is 19.6. The van der Waals surface area contributed by atoms with E-state index in [1.54, 1.807) is 17.0 Å². The average Bonchev–Trinajstić information content (AvgIpc) is 3.16. The van der Waals surface area contributed by atoms with Crippen LogP contribution in [0.1, 0.15) is 37.4 Å². The number of aryl methyl sites for hydroxylation is 2. The van der Waals surface area contributed by atoms with E-state index in [1.165, 1.54) is 0 Å². The molecule has 0 saturated carbocycles. The minimum atomic E-state index is -0.815. The van der Waals surface area contributed by atoms with Gasteiger partial charge in [0.05, 0.1) is 11.2 Å². The summed E-state index contributed by atoms with van der Waals surface area (Å²) in [4.78, 5) is 16.6. The number of rotatable bonds is 6. The second kappa shape index (κ2) is 7.40. The molecular weight excluding hydrogens is 344 g/mol. The van der Waals surface area contributed by atoms with Gasteiger partial charge in [-0.25, -0.2) is 4.68 Å². The van der Waals surface area contributed by atoms with Gasteiger partial charge in [-0.3, -0.25) is 9.78 Å². The Balaban J connectivity index is 2.24. The van der Waals surface area contributed by atoms with Gasteiger partial charge >= 0.3 is 0 Å². The number of aliphatic hydroxyl groups is 1. The summed E-state index contributed by atoms with van der Waals surface area (Å²) in [6.45, 7) is 5.73. The molecule has 3 N–H and O–H groups in total. The second-order valence-corrected chi connectivity index (χ2v) is 6.97. The number of hydrogen-bond donors (Lipinski definition) is 2. The van der Waals surface area contributed by atoms with Crippen LogP contribution in [-0.4, -0.2) is 42.8 Å². The number of pyridine rings is 1. The Hall–Kier alpha value is -2.87. The monoisotopic (exact) mass is 368 g/mol. The number of carbonyl (C=O) groups excluding carboxylic acids is 1. The normalized spacial score (nSPS) is 20.7. The molecule has 0 bridgehead atoms. The molecule has 2 aromatic rings. The first kappa shape index (κ1) is 18.9. The van der Waals surface area contributed by atoms with Crippen LogP contribution in [0.15, 0.2) is 36.1 Å². The van der Waals surface area contributed by atoms with Crippen LogP contribution in [0.3, 0.4) is 0 Å². The highest BCUT2D eigenvalue weighted by Gasteiger charge is 2.42. The molecule has 27 heavy (non-hydrogen) atoms. The van der Waals surface area contributed by atoms with Crippen LogP contribution in [0, 0.1) is 12.8 Å². The number of primary amides is 1. The van der Waals surface area contributed by atoms with E-state index >= 15 is 0 Å². The molecule has 0 aliphatic heterocycles. The zero-order valence-electron chi connectivity index (χ0n) is 15.8. The Morgan fingerprint density at radius 2 is 2.22 bits per heavy atom. The number of tetrazole rings is 1. The number of nitrogens with zero attached hydrogens (tertiary/aromatic N) is 5. The Bertz CT molecular complexity index is 899. The number of aromatic nitrogens is 5. The van der Waals surface area contributed by atoms with Crippen LogP contribution in [0.2, 0.25) is 0 Å². The first-order valence-corrected chi connectivity index (χ1v) is 8.96. The SMILES string of the molecule is CCc1nnnn1C1([C@H](C)CO)C=C(c2ccc(C)cn2)C=C(C(N)=O)C1. The third kappa shape index (κ3) is 3.40. The van der Waals surface area contributed by atoms with E-state index in [1.807, 2.05) is 39.0 Å². The van der Waals surface area contributed by atoms with Crippen LogP contribution >= 0.6 is 0 Å². The van der Waals surface area contributed by atoms with E-state index in [9.17, 15) is 9.90 Å². The van der Waals surface area contributed by atoms with Gasteiger partial charge in [0.25, 0.3) is 0 Å². The Morgan fingerprint density at radius 1 is 1.44 bits per heavy atom. The summed E-state index contributed by atoms with van der Waals surface area (Å²) in [5, 5.41) is 22.1. The van der Waals surface area contributed by atoms with Crippen LogP contribution in [0.25, 0.3) is 5.57 Å². The lowest BCUT2D eigenvalue weighted by molar-refractivity contribution is -0.115. The third-order valence-corrected chi connectivity index (χ3v) is 5.10. The Morgan fingerprint density at radius 3 is 2.81 bits per heavy atom. The Labute approximate surface area is 157 Å². The number of carbonyl (C=O) groups is 1. The van der Waals surface area contributed by atoms with E-state index in [0.29, 0.717) is 24.2 Å². The quantitative estimate of drug-likeness (QED) is 0.789. The average molecular weight is 368 g/mol. The molecule has 142 valence electrons. The number of allylic oxidation sites excluding steroid dienone is 3. The highest BCUT2D eigenvalue weighted by Crippen LogP contribution is 2.41. The lowest BCUT2D eigenvalue weighted by Gasteiger charge is -2.39. The van der Waals surface area contributed by atoms with Gasteiger partial charge in [0.2, 0.25) is 5.91 Å². The molecule has 1 unspecified atom stereocenters. The number of hydrogen-bond acceptors (Lipinski definition) is 6. The summed E-state index contributed by atoms with van der Waals surface area (Å²) in [5.74, 6) is -0.0865. The summed E-state index contributed by atoms with van der Waals surface area (Å²) in [7, 11) is 0. The fourth-order valence-corrected chi connectivity index (χ4v) is 3.42. The number of aliphatic hydroxyl groups excluding tert-OH is 1. The minimum absolute atomic E-state index is 0.0971. The van der Waals surface area contributed by atoms with Crippen LogP contribution in [0.5, 0.6) is 0 Å². The standard InChI is InChI=1S/C19H24N6O2/c1-4-17-22-23-24-25(17)19(13(3)11-26)8-14(7-15(9-19)18(20)27)16-6-5-12(2)10-21-16/h5-8,10,13,26H,4,9,11H2,1-3H3,(H2,20,27)/t13-,19?/m1/s1. The molecule has 1 aliphatic rings. The predicted octanol–water partition coefficient (Wildman–Crippen LogP) is 1.16. The van der Waals surface area contributed by atoms with E-state index in [0.717, 1.165) is 16.8 Å². The lowest BCUT2D eigenvalue weighted by atomic mass is 9.74. The molecule has 8 nitrogen and oxygen atoms in total. The first-order valence-electron chi connectivity index (χ1n) is 8.96. The van der Waals surface area contributed by atoms with Crippen molar-refractivity contribution in [1.29, 1.82) is 0 Å². The molecule has 0 aromatic carbocycles. The molecule has 1 aliphatic carbocycles. The van der Waals surface area contributed by atoms with Gasteiger partial charge in [0, 0.05) is 37.1 Å². The van der Waals surface area contributed by atoms with Gasteiger partial charge in [0.1, 0.15) is 0 Å². The molecule has 0 fully saturated rings. The van der Waals surface area contributed by atoms with E-state index in [2.05, 4.69) is 20.5 Å². The van der Waals surface area contributed by atoms with Gasteiger partial charge in [-0.1, -0.05) is 19.9 Å². The van der Waals surface area contributed by atoms with Gasteiger partial charge < -0.3 is 10.8 Å². The zero-order valence-corrected chi connectivity index (χ0v) is 15.8. The fourth-order valence-electron chi connectivity index (χ4n) is 3.42. The van der Waals surface area contributed by atoms with Crippen LogP contribution in [-0.2, 0) is 16.8 Å². The number of nitrogens with two attached hydrogens (primary N) is 1. The first-order chi connectivity index (χ1) is 12.9. The summed E-state index contributed by atoms with van der Waals surface area (Å²) < 4.78 is 1.71. The van der Waals surface area contributed by atoms with Gasteiger partial charge in [-0.05, 0) is 46.7 Å². The van der Waals surface area contributed by atoms with E-state index in [-0.39, 0.29) is 12.5 Å². The van der Waals surface area contributed by atoms with Gasteiger partial charge in [0.15, 0.2) is 5.82 Å². The topological polar surface area (TPSA) is 120 Å². The van der Waals surface area contributed by atoms with Crippen molar-refractivity contribution in [2.24, 2.45) is 11.7 Å². The second-order valence-electron chi connectivity index (χ2n) is 6.97. The van der Waals surface area contributed by atoms with Crippen LogP contribution < -0.4 is 5.73 Å². The summed E-state index contributed by atoms with van der Waals surface area (Å²) >= 11 is 0. The van der Waals surface area contributed by atoms with Crippen molar-refractivity contribution >= 4 is 11.5 Å². The molecule has 0 saturated heterocycles. The highest BCUT2D eigenvalue weighted by atomic mass is 16.3. The van der Waals surface area contributed by atoms with Gasteiger partial charge in [-0.15, -0.1) is 5.10 Å². The van der Waals surface area contributed by atoms with Crippen molar-refractivity contribution in [3.05, 3.63) is 53.1 Å². The van der Waals surface area contributed by atoms with Crippen LogP contribution in [0.4, 0.5) is 0 Å². The van der Waals surface area contributed by atoms with Crippen molar-refractivity contribution in [1.82, 2.24) is 25.2 Å². The summed E-state index contributed by atoms with van der Waals surface area (Å²) in [6, 6.07) is 3.86. The molecule has 1 amide bonds. The highest BCUT2D eigenvalue weighted by molar-refractivity contribution is 5.96. The smallest absolute Gasteiger partial charge is 0.244 e. The molecule has 8 heteroatoms. The van der Waals surface area contributed by atoms with Crippen molar-refractivity contribution in [3.63, 3.8) is 0 Å². The summed E-state index contributed by atoms with van der Waals surface area (Å²) in [6.07, 6.45) is 6.45. The molecule has 0 spiro atoms. The van der Waals surface area contributed by atoms with Crippen molar-refractivity contribution < 1.29 is 9.90 Å². The molecule has 0 radical (unpaired) electrons. The van der Waals surface area contributed by atoms with Crippen molar-refractivity contribution in [2.45, 2.75) is 39.2 Å². The number of amides is 1. The third-order valence-electron chi connectivity index (χ3n) is 5.10. The Kier molecular flexibility index (Phi) is 5.18. The molecule has 3 rings (SSSR count). The molecular formula is C19H24N6O2. The van der Waals surface area contributed by atoms with Crippen molar-refractivity contribution in [2.75, 3.05) is 6.61 Å². The lowest BCUT2D eigenvalue weighted by Crippen LogP contribution is -2.45. The predicted molar refractivity (Wildman–Crippen MR) is 100 cm³/mol. The van der Waals surface area contributed by atoms with E-state index < -0.39 is 11.4 Å². The maximum absolute atomic E-state index is 12.1. The maximum atomic E-state index is 12.1. The fraction of sp³-hybridized carbons (Fsp3) is 0.421. The molecule has 2 atom stereocenters. The maximum Gasteiger partial charge on any atom is 0.244 e. The van der Waals surface area contributed by atoms with Gasteiger partial charge in [-0.2, -0.15) is 0 Å². The minimum Gasteiger partial charge on any atom is -0.396 e. The molecule has 2 aromatic heterocycles.